The van der Waals surface area contributed by atoms with Crippen molar-refractivity contribution in [2.24, 2.45) is 0 Å². The molecule has 1 aromatic heterocycles. The molecule has 4 rings (SSSR count). The Labute approximate surface area is 274 Å². The maximum Gasteiger partial charge on any atom is 0.315 e. The van der Waals surface area contributed by atoms with Crippen LogP contribution in [0.25, 0.3) is 5.69 Å². The summed E-state index contributed by atoms with van der Waals surface area (Å²) in [7, 11) is 0. The number of carbonyl (C=O) groups excluding carboxylic acids is 3. The second-order valence-electron chi connectivity index (χ2n) is 11.5. The highest BCUT2D eigenvalue weighted by atomic mass is 32.2. The molecule has 3 heterocycles. The first-order chi connectivity index (χ1) is 22.3. The Balaban J connectivity index is 0.907. The molecule has 2 aliphatic rings. The van der Waals surface area contributed by atoms with Gasteiger partial charge in [0, 0.05) is 61.4 Å². The molecular formula is C32H47N5O8S. The van der Waals surface area contributed by atoms with Crippen LogP contribution in [0.1, 0.15) is 54.4 Å². The zero-order valence-corrected chi connectivity index (χ0v) is 27.2. The average Bonchev–Trinajstić information content (AvgIpc) is 3.69. The monoisotopic (exact) mass is 661 g/mol. The van der Waals surface area contributed by atoms with Crippen molar-refractivity contribution in [2.75, 3.05) is 58.5 Å². The lowest BCUT2D eigenvalue weighted by atomic mass is 10.0. The third-order valence-corrected chi connectivity index (χ3v) is 9.29. The fraction of sp³-hybridized carbons (Fsp3) is 0.594. The lowest BCUT2D eigenvalue weighted by Gasteiger charge is -2.16. The van der Waals surface area contributed by atoms with Gasteiger partial charge in [0.25, 0.3) is 5.91 Å². The van der Waals surface area contributed by atoms with Gasteiger partial charge in [0.15, 0.2) is 11.8 Å². The SMILES string of the molecule is Cc1cc(C(=O)NCCCOCCOCCOCCCNC(=O)CCCCC2SCC3NC(=O)NC32)cc(-n2c(O)ccc2O)c1. The normalized spacial score (nSPS) is 18.6. The number of thioether (sulfide) groups is 1. The van der Waals surface area contributed by atoms with Crippen LogP contribution >= 0.6 is 11.8 Å². The summed E-state index contributed by atoms with van der Waals surface area (Å²) in [4.78, 5) is 36.1. The number of rotatable bonds is 21. The van der Waals surface area contributed by atoms with Crippen molar-refractivity contribution in [1.29, 1.82) is 0 Å². The number of amides is 4. The summed E-state index contributed by atoms with van der Waals surface area (Å²) in [5.41, 5.74) is 1.75. The third kappa shape index (κ3) is 11.1. The van der Waals surface area contributed by atoms with Crippen molar-refractivity contribution in [3.8, 4) is 17.4 Å². The number of aromatic hydroxyl groups is 2. The molecule has 0 radical (unpaired) electrons. The maximum atomic E-state index is 12.6. The Morgan fingerprint density at radius 2 is 1.54 bits per heavy atom. The van der Waals surface area contributed by atoms with Crippen LogP contribution in [0.2, 0.25) is 0 Å². The second kappa shape index (κ2) is 18.6. The van der Waals surface area contributed by atoms with Crippen LogP contribution in [0.3, 0.4) is 0 Å². The van der Waals surface area contributed by atoms with Gasteiger partial charge in [-0.05, 0) is 56.4 Å². The number of carbonyl (C=O) groups is 3. The molecule has 2 saturated heterocycles. The molecule has 3 atom stereocenters. The molecule has 0 spiro atoms. The number of fused-ring (bicyclic) bond motifs is 1. The predicted octanol–water partition coefficient (Wildman–Crippen LogP) is 2.60. The van der Waals surface area contributed by atoms with Crippen molar-refractivity contribution in [3.05, 3.63) is 41.5 Å². The van der Waals surface area contributed by atoms with Crippen LogP contribution in [0.15, 0.2) is 30.3 Å². The molecule has 46 heavy (non-hydrogen) atoms. The van der Waals surface area contributed by atoms with Gasteiger partial charge in [-0.1, -0.05) is 6.42 Å². The Morgan fingerprint density at radius 1 is 0.891 bits per heavy atom. The minimum atomic E-state index is -0.245. The molecule has 0 bridgehead atoms. The van der Waals surface area contributed by atoms with Gasteiger partial charge in [-0.15, -0.1) is 0 Å². The van der Waals surface area contributed by atoms with Crippen LogP contribution in [-0.2, 0) is 19.0 Å². The van der Waals surface area contributed by atoms with Crippen LogP contribution in [0, 0.1) is 6.92 Å². The first-order valence-corrected chi connectivity index (χ1v) is 17.0. The van der Waals surface area contributed by atoms with E-state index in [0.717, 1.165) is 37.0 Å². The summed E-state index contributed by atoms with van der Waals surface area (Å²) in [6, 6.07) is 8.30. The molecular weight excluding hydrogens is 614 g/mol. The van der Waals surface area contributed by atoms with E-state index in [1.165, 1.54) is 16.7 Å². The lowest BCUT2D eigenvalue weighted by Crippen LogP contribution is -2.36. The summed E-state index contributed by atoms with van der Waals surface area (Å²) >= 11 is 1.90. The van der Waals surface area contributed by atoms with Crippen LogP contribution in [0.5, 0.6) is 11.8 Å². The zero-order valence-electron chi connectivity index (χ0n) is 26.4. The van der Waals surface area contributed by atoms with E-state index in [1.54, 1.807) is 18.2 Å². The van der Waals surface area contributed by atoms with Crippen LogP contribution in [-0.4, -0.2) is 108 Å². The number of hydrogen-bond donors (Lipinski definition) is 6. The van der Waals surface area contributed by atoms with Crippen molar-refractivity contribution in [2.45, 2.75) is 62.8 Å². The van der Waals surface area contributed by atoms with E-state index in [1.807, 2.05) is 18.7 Å². The molecule has 1 aromatic carbocycles. The van der Waals surface area contributed by atoms with Gasteiger partial charge in [0.05, 0.1) is 44.2 Å². The number of urea groups is 1. The fourth-order valence-electron chi connectivity index (χ4n) is 5.49. The molecule has 2 aliphatic heterocycles. The highest BCUT2D eigenvalue weighted by molar-refractivity contribution is 8.00. The van der Waals surface area contributed by atoms with Crippen molar-refractivity contribution in [3.63, 3.8) is 0 Å². The van der Waals surface area contributed by atoms with Gasteiger partial charge < -0.3 is 45.7 Å². The first-order valence-electron chi connectivity index (χ1n) is 16.0. The predicted molar refractivity (Wildman–Crippen MR) is 175 cm³/mol. The molecule has 3 unspecified atom stereocenters. The quantitative estimate of drug-likeness (QED) is 0.0869. The highest BCUT2D eigenvalue weighted by Gasteiger charge is 2.42. The van der Waals surface area contributed by atoms with E-state index in [9.17, 15) is 24.6 Å². The number of nitrogens with one attached hydrogen (secondary N) is 4. The van der Waals surface area contributed by atoms with Gasteiger partial charge >= 0.3 is 6.03 Å². The molecule has 2 fully saturated rings. The van der Waals surface area contributed by atoms with Crippen molar-refractivity contribution >= 4 is 29.6 Å². The average molecular weight is 662 g/mol. The van der Waals surface area contributed by atoms with E-state index >= 15 is 0 Å². The van der Waals surface area contributed by atoms with Gasteiger partial charge in [0.2, 0.25) is 5.91 Å². The van der Waals surface area contributed by atoms with E-state index in [4.69, 9.17) is 14.2 Å². The molecule has 0 saturated carbocycles. The molecule has 0 aliphatic carbocycles. The smallest absolute Gasteiger partial charge is 0.315 e. The van der Waals surface area contributed by atoms with Gasteiger partial charge in [-0.25, -0.2) is 4.79 Å². The summed E-state index contributed by atoms with van der Waals surface area (Å²) in [6.07, 6.45) is 4.74. The molecule has 6 N–H and O–H groups in total. The topological polar surface area (TPSA) is 172 Å². The van der Waals surface area contributed by atoms with E-state index < -0.39 is 0 Å². The number of nitrogens with zero attached hydrogens (tertiary/aromatic N) is 1. The van der Waals surface area contributed by atoms with Crippen LogP contribution in [0.4, 0.5) is 4.79 Å². The van der Waals surface area contributed by atoms with Gasteiger partial charge in [0.1, 0.15) is 0 Å². The molecule has 254 valence electrons. The summed E-state index contributed by atoms with van der Waals surface area (Å²) in [5.74, 6) is 0.549. The van der Waals surface area contributed by atoms with Crippen molar-refractivity contribution < 1.29 is 38.8 Å². The second-order valence-corrected chi connectivity index (χ2v) is 12.7. The molecule has 13 nitrogen and oxygen atoms in total. The van der Waals surface area contributed by atoms with Crippen molar-refractivity contribution in [1.82, 2.24) is 25.8 Å². The van der Waals surface area contributed by atoms with E-state index in [0.29, 0.717) is 82.1 Å². The summed E-state index contributed by atoms with van der Waals surface area (Å²) in [5, 5.41) is 32.2. The number of ether oxygens (including phenoxy) is 3. The summed E-state index contributed by atoms with van der Waals surface area (Å²) in [6.45, 7) is 5.73. The molecule has 4 amide bonds. The lowest BCUT2D eigenvalue weighted by molar-refractivity contribution is -0.121. The Kier molecular flexibility index (Phi) is 14.3. The largest absolute Gasteiger partial charge is 0.494 e. The van der Waals surface area contributed by atoms with Crippen LogP contribution < -0.4 is 21.3 Å². The minimum absolute atomic E-state index is 0.0635. The summed E-state index contributed by atoms with van der Waals surface area (Å²) < 4.78 is 17.9. The molecule has 14 heteroatoms. The zero-order chi connectivity index (χ0) is 32.7. The number of unbranched alkanes of at least 4 members (excludes halogenated alkanes) is 1. The Hall–Kier alpha value is -3.46. The number of hydrogen-bond acceptors (Lipinski definition) is 9. The number of aromatic nitrogens is 1. The Bertz CT molecular complexity index is 1270. The minimum Gasteiger partial charge on any atom is -0.494 e. The van der Waals surface area contributed by atoms with Gasteiger partial charge in [-0.3, -0.25) is 14.2 Å². The highest BCUT2D eigenvalue weighted by Crippen LogP contribution is 2.33. The first kappa shape index (κ1) is 35.4. The van der Waals surface area contributed by atoms with Gasteiger partial charge in [-0.2, -0.15) is 11.8 Å². The Morgan fingerprint density at radius 3 is 2.24 bits per heavy atom. The third-order valence-electron chi connectivity index (χ3n) is 7.79. The number of aryl methyl sites for hydroxylation is 1. The number of benzene rings is 1. The molecule has 2 aromatic rings. The van der Waals surface area contributed by atoms with E-state index in [-0.39, 0.29) is 41.7 Å². The standard InChI is InChI=1S/C32H47N5O8S/c1-22-18-23(20-24(19-22)37-28(39)8-9-29(37)40)31(41)34-11-5-13-44-15-17-45-16-14-43-12-4-10-33-27(38)7-3-2-6-26-30-25(21-46-26)35-32(42)36-30/h8-9,18-20,25-26,30,39-40H,2-7,10-17,21H2,1H3,(H,33,38)(H,34,41)(H2,35,36,42). The van der Waals surface area contributed by atoms with E-state index in [2.05, 4.69) is 21.3 Å². The fourth-order valence-corrected chi connectivity index (χ4v) is 7.03. The maximum absolute atomic E-state index is 12.6.